The van der Waals surface area contributed by atoms with Crippen LogP contribution in [0.4, 0.5) is 11.5 Å². The molecule has 1 aliphatic rings. The van der Waals surface area contributed by atoms with Gasteiger partial charge < -0.3 is 15.4 Å². The molecule has 8 nitrogen and oxygen atoms in total. The first-order valence-electron chi connectivity index (χ1n) is 9.52. The minimum atomic E-state index is -0.888. The fourth-order valence-electron chi connectivity index (χ4n) is 3.55. The first kappa shape index (κ1) is 20.6. The van der Waals surface area contributed by atoms with E-state index in [0.29, 0.717) is 22.2 Å². The van der Waals surface area contributed by atoms with E-state index in [0.717, 1.165) is 11.1 Å². The van der Waals surface area contributed by atoms with Crippen molar-refractivity contribution in [3.8, 4) is 11.3 Å². The van der Waals surface area contributed by atoms with E-state index in [1.807, 2.05) is 19.1 Å². The Morgan fingerprint density at radius 2 is 2.00 bits per heavy atom. The molecule has 0 aliphatic carbocycles. The second-order valence-corrected chi connectivity index (χ2v) is 7.51. The first-order chi connectivity index (χ1) is 14.9. The second kappa shape index (κ2) is 8.23. The Hall–Kier alpha value is -3.65. The monoisotopic (exact) mass is 438 g/mol. The molecule has 4 rings (SSSR count). The highest BCUT2D eigenvalue weighted by Gasteiger charge is 2.34. The van der Waals surface area contributed by atoms with Crippen LogP contribution in [0.15, 0.2) is 48.5 Å². The van der Waals surface area contributed by atoms with E-state index >= 15 is 0 Å². The van der Waals surface area contributed by atoms with E-state index in [-0.39, 0.29) is 17.9 Å². The number of anilines is 2. The number of nitrogens with one attached hydrogen (secondary N) is 2. The van der Waals surface area contributed by atoms with Gasteiger partial charge in [0.2, 0.25) is 11.8 Å². The van der Waals surface area contributed by atoms with E-state index in [1.54, 1.807) is 36.4 Å². The van der Waals surface area contributed by atoms with Crippen LogP contribution in [-0.2, 0) is 14.3 Å². The van der Waals surface area contributed by atoms with Crippen LogP contribution in [-0.4, -0.2) is 34.7 Å². The van der Waals surface area contributed by atoms with Crippen LogP contribution in [0.5, 0.6) is 0 Å². The fourth-order valence-corrected chi connectivity index (χ4v) is 3.74. The van der Waals surface area contributed by atoms with Gasteiger partial charge >= 0.3 is 5.97 Å². The van der Waals surface area contributed by atoms with Crippen molar-refractivity contribution in [1.29, 1.82) is 0 Å². The van der Waals surface area contributed by atoms with Crippen LogP contribution in [0.25, 0.3) is 11.3 Å². The van der Waals surface area contributed by atoms with Gasteiger partial charge in [-0.3, -0.25) is 9.59 Å². The highest BCUT2D eigenvalue weighted by molar-refractivity contribution is 6.30. The Balaban J connectivity index is 1.70. The molecule has 1 atom stereocenters. The summed E-state index contributed by atoms with van der Waals surface area (Å²) in [6, 6.07) is 12.8. The molecule has 0 fully saturated rings. The number of amides is 2. The summed E-state index contributed by atoms with van der Waals surface area (Å²) < 4.78 is 6.28. The Kier molecular flexibility index (Phi) is 5.48. The Morgan fingerprint density at radius 3 is 2.74 bits per heavy atom. The maximum atomic E-state index is 13.1. The van der Waals surface area contributed by atoms with E-state index in [9.17, 15) is 14.4 Å². The predicted octanol–water partition coefficient (Wildman–Crippen LogP) is 3.82. The summed E-state index contributed by atoms with van der Waals surface area (Å²) in [6.45, 7) is 1.82. The van der Waals surface area contributed by atoms with Gasteiger partial charge in [0.25, 0.3) is 0 Å². The molecule has 1 unspecified atom stereocenters. The number of hydrogen-bond donors (Lipinski definition) is 2. The van der Waals surface area contributed by atoms with Crippen LogP contribution < -0.4 is 10.6 Å². The number of methoxy groups -OCH3 is 1. The maximum absolute atomic E-state index is 13.1. The van der Waals surface area contributed by atoms with E-state index in [4.69, 9.17) is 16.3 Å². The quantitative estimate of drug-likeness (QED) is 0.603. The number of benzene rings is 2. The van der Waals surface area contributed by atoms with E-state index < -0.39 is 17.9 Å². The molecule has 9 heteroatoms. The lowest BCUT2D eigenvalue weighted by atomic mass is 10.1. The maximum Gasteiger partial charge on any atom is 0.339 e. The standard InChI is InChI=1S/C22H19ClN4O4/c1-12-19(13-6-5-7-14(23)10-13)26-27-17(11-18(28)25-20(12)27)21(29)24-16-9-4-3-8-15(16)22(30)31-2/h3-10,17H,11H2,1-2H3,(H,24,29)(H,25,28). The van der Waals surface area contributed by atoms with Gasteiger partial charge in [-0.1, -0.05) is 35.9 Å². The number of aromatic nitrogens is 2. The van der Waals surface area contributed by atoms with Gasteiger partial charge in [-0.05, 0) is 31.2 Å². The smallest absolute Gasteiger partial charge is 0.339 e. The third-order valence-corrected chi connectivity index (χ3v) is 5.31. The lowest BCUT2D eigenvalue weighted by molar-refractivity contribution is -0.125. The van der Waals surface area contributed by atoms with E-state index in [2.05, 4.69) is 15.7 Å². The molecule has 1 aliphatic heterocycles. The number of para-hydroxylation sites is 1. The molecule has 2 N–H and O–H groups in total. The van der Waals surface area contributed by atoms with Crippen molar-refractivity contribution in [2.75, 3.05) is 17.7 Å². The highest BCUT2D eigenvalue weighted by atomic mass is 35.5. The summed E-state index contributed by atoms with van der Waals surface area (Å²) in [5, 5.41) is 10.7. The van der Waals surface area contributed by atoms with Crippen LogP contribution in [0.1, 0.15) is 28.4 Å². The fraction of sp³-hybridized carbons (Fsp3) is 0.182. The number of esters is 1. The van der Waals surface area contributed by atoms with Crippen molar-refractivity contribution in [2.24, 2.45) is 0 Å². The first-order valence-corrected chi connectivity index (χ1v) is 9.90. The SMILES string of the molecule is COC(=O)c1ccccc1NC(=O)C1CC(=O)Nc2c(C)c(-c3cccc(Cl)c3)nn21. The lowest BCUT2D eigenvalue weighted by Crippen LogP contribution is -2.36. The third kappa shape index (κ3) is 3.89. The summed E-state index contributed by atoms with van der Waals surface area (Å²) in [5.74, 6) is -0.883. The third-order valence-electron chi connectivity index (χ3n) is 5.07. The van der Waals surface area contributed by atoms with Gasteiger partial charge in [0, 0.05) is 16.1 Å². The number of carbonyl (C=O) groups excluding carboxylic acids is 3. The van der Waals surface area contributed by atoms with Crippen LogP contribution in [0.3, 0.4) is 0 Å². The van der Waals surface area contributed by atoms with Gasteiger partial charge in [0.05, 0.1) is 30.5 Å². The minimum Gasteiger partial charge on any atom is -0.465 e. The van der Waals surface area contributed by atoms with Gasteiger partial charge in [-0.25, -0.2) is 9.48 Å². The molecular weight excluding hydrogens is 420 g/mol. The molecule has 2 aromatic carbocycles. The van der Waals surface area contributed by atoms with Gasteiger partial charge in [0.1, 0.15) is 11.9 Å². The largest absolute Gasteiger partial charge is 0.465 e. The average Bonchev–Trinajstić information content (AvgIpc) is 3.09. The molecule has 31 heavy (non-hydrogen) atoms. The summed E-state index contributed by atoms with van der Waals surface area (Å²) in [6.07, 6.45) is -0.0880. The number of carbonyl (C=O) groups is 3. The normalized spacial score (nSPS) is 15.1. The van der Waals surface area contributed by atoms with Crippen molar-refractivity contribution < 1.29 is 19.1 Å². The van der Waals surface area contributed by atoms with Gasteiger partial charge in [0.15, 0.2) is 0 Å². The molecule has 0 bridgehead atoms. The number of nitrogens with zero attached hydrogens (tertiary/aromatic N) is 2. The molecular formula is C22H19ClN4O4. The molecule has 2 amide bonds. The van der Waals surface area contributed by atoms with Crippen LogP contribution in [0, 0.1) is 6.92 Å². The Morgan fingerprint density at radius 1 is 1.23 bits per heavy atom. The molecule has 3 aromatic rings. The van der Waals surface area contributed by atoms with Crippen molar-refractivity contribution in [2.45, 2.75) is 19.4 Å². The Bertz CT molecular complexity index is 1200. The Labute approximate surface area is 183 Å². The number of fused-ring (bicyclic) bond motifs is 1. The van der Waals surface area contributed by atoms with Gasteiger partial charge in [-0.15, -0.1) is 0 Å². The number of ether oxygens (including phenoxy) is 1. The van der Waals surface area contributed by atoms with Crippen molar-refractivity contribution in [3.63, 3.8) is 0 Å². The molecule has 0 spiro atoms. The molecule has 2 heterocycles. The average molecular weight is 439 g/mol. The molecule has 1 aromatic heterocycles. The van der Waals surface area contributed by atoms with Gasteiger partial charge in [-0.2, -0.15) is 5.10 Å². The second-order valence-electron chi connectivity index (χ2n) is 7.07. The van der Waals surface area contributed by atoms with E-state index in [1.165, 1.54) is 11.8 Å². The predicted molar refractivity (Wildman–Crippen MR) is 116 cm³/mol. The minimum absolute atomic E-state index is 0.0880. The topological polar surface area (TPSA) is 102 Å². The summed E-state index contributed by atoms with van der Waals surface area (Å²) in [4.78, 5) is 37.5. The zero-order valence-electron chi connectivity index (χ0n) is 16.8. The van der Waals surface area contributed by atoms with Crippen molar-refractivity contribution >= 4 is 40.9 Å². The summed E-state index contributed by atoms with van der Waals surface area (Å²) in [5.41, 5.74) is 2.63. The molecule has 0 radical (unpaired) electrons. The summed E-state index contributed by atoms with van der Waals surface area (Å²) >= 11 is 6.11. The van der Waals surface area contributed by atoms with Crippen LogP contribution >= 0.6 is 11.6 Å². The number of halogens is 1. The number of rotatable bonds is 4. The molecule has 0 saturated heterocycles. The number of hydrogen-bond acceptors (Lipinski definition) is 5. The molecule has 158 valence electrons. The highest BCUT2D eigenvalue weighted by Crippen LogP contribution is 2.35. The lowest BCUT2D eigenvalue weighted by Gasteiger charge is -2.24. The zero-order chi connectivity index (χ0) is 22.1. The summed E-state index contributed by atoms with van der Waals surface area (Å²) in [7, 11) is 1.27. The van der Waals surface area contributed by atoms with Crippen molar-refractivity contribution in [1.82, 2.24) is 9.78 Å². The zero-order valence-corrected chi connectivity index (χ0v) is 17.6. The molecule has 0 saturated carbocycles. The van der Waals surface area contributed by atoms with Crippen LogP contribution in [0.2, 0.25) is 5.02 Å². The van der Waals surface area contributed by atoms with Crippen molar-refractivity contribution in [3.05, 3.63) is 64.7 Å².